The van der Waals surface area contributed by atoms with Crippen molar-refractivity contribution in [3.8, 4) is 11.5 Å². The molecule has 0 radical (unpaired) electrons. The van der Waals surface area contributed by atoms with E-state index in [1.807, 2.05) is 32.6 Å². The van der Waals surface area contributed by atoms with Crippen LogP contribution in [0.2, 0.25) is 0 Å². The Morgan fingerprint density at radius 1 is 1.19 bits per heavy atom. The summed E-state index contributed by atoms with van der Waals surface area (Å²) in [5, 5.41) is 5.02. The fraction of sp³-hybridized carbons (Fsp3) is 0.346. The number of nitrogens with zero attached hydrogens (tertiary/aromatic N) is 5. The largest absolute Gasteiger partial charge is 0.453 e. The Balaban J connectivity index is 1.17. The number of pyridine rings is 1. The average Bonchev–Trinajstić information content (AvgIpc) is 3.46. The van der Waals surface area contributed by atoms with Crippen molar-refractivity contribution in [3.63, 3.8) is 0 Å². The molecule has 5 rings (SSSR count). The van der Waals surface area contributed by atoms with Gasteiger partial charge in [0.05, 0.1) is 17.6 Å². The summed E-state index contributed by atoms with van der Waals surface area (Å²) in [4.78, 5) is 24.4. The van der Waals surface area contributed by atoms with Crippen LogP contribution in [0.15, 0.2) is 49.1 Å². The normalized spacial score (nSPS) is 15.4. The lowest BCUT2D eigenvalue weighted by Gasteiger charge is -2.35. The third-order valence-electron chi connectivity index (χ3n) is 6.57. The Labute approximate surface area is 208 Å². The number of benzene rings is 1. The number of H-pyrrole nitrogens is 1. The second-order valence-electron chi connectivity index (χ2n) is 9.31. The molecule has 1 amide bonds. The molecule has 0 bridgehead atoms. The van der Waals surface area contributed by atoms with Crippen LogP contribution < -0.4 is 10.5 Å². The summed E-state index contributed by atoms with van der Waals surface area (Å²) >= 11 is 0. The molecule has 1 aliphatic heterocycles. The van der Waals surface area contributed by atoms with Crippen molar-refractivity contribution in [1.29, 1.82) is 0 Å². The summed E-state index contributed by atoms with van der Waals surface area (Å²) in [7, 11) is 1.90. The number of nitrogens with two attached hydrogens (primary N) is 1. The number of carbonyl (C=O) groups is 1. The molecule has 3 N–H and O–H groups in total. The zero-order valence-electron chi connectivity index (χ0n) is 20.4. The summed E-state index contributed by atoms with van der Waals surface area (Å²) in [5.74, 6) is 0.0182. The van der Waals surface area contributed by atoms with Crippen molar-refractivity contribution in [3.05, 3.63) is 71.6 Å². The Bertz CT molecular complexity index is 1370. The van der Waals surface area contributed by atoms with Crippen molar-refractivity contribution < 1.29 is 13.9 Å². The van der Waals surface area contributed by atoms with E-state index in [0.29, 0.717) is 30.0 Å². The van der Waals surface area contributed by atoms with Crippen molar-refractivity contribution in [2.45, 2.75) is 25.9 Å². The number of amides is 1. The van der Waals surface area contributed by atoms with Gasteiger partial charge < -0.3 is 20.4 Å². The van der Waals surface area contributed by atoms with Crippen molar-refractivity contribution in [2.24, 2.45) is 12.8 Å². The molecule has 1 aromatic carbocycles. The summed E-state index contributed by atoms with van der Waals surface area (Å²) in [6.07, 6.45) is 7.57. The fourth-order valence-corrected chi connectivity index (χ4v) is 4.65. The van der Waals surface area contributed by atoms with Crippen molar-refractivity contribution in [1.82, 2.24) is 29.5 Å². The number of piperazine rings is 1. The molecule has 188 valence electrons. The van der Waals surface area contributed by atoms with Crippen LogP contribution in [0.4, 0.5) is 4.39 Å². The van der Waals surface area contributed by atoms with E-state index in [1.54, 1.807) is 34.0 Å². The van der Waals surface area contributed by atoms with Crippen LogP contribution in [-0.2, 0) is 24.8 Å². The van der Waals surface area contributed by atoms with Crippen LogP contribution in [0.1, 0.15) is 16.7 Å². The number of hydrogen-bond acceptors (Lipinski definition) is 6. The third-order valence-corrected chi connectivity index (χ3v) is 6.57. The molecule has 1 saturated heterocycles. The lowest BCUT2D eigenvalue weighted by molar-refractivity contribution is -0.134. The number of ether oxygens (including phenoxy) is 1. The molecule has 1 atom stereocenters. The van der Waals surface area contributed by atoms with E-state index in [1.165, 1.54) is 6.07 Å². The van der Waals surface area contributed by atoms with Crippen LogP contribution in [-0.4, -0.2) is 67.7 Å². The predicted molar refractivity (Wildman–Crippen MR) is 134 cm³/mol. The minimum absolute atomic E-state index is 0.108. The van der Waals surface area contributed by atoms with Gasteiger partial charge >= 0.3 is 0 Å². The first kappa shape index (κ1) is 24.0. The maximum Gasteiger partial charge on any atom is 0.239 e. The van der Waals surface area contributed by atoms with Gasteiger partial charge in [0.15, 0.2) is 11.6 Å². The van der Waals surface area contributed by atoms with Crippen LogP contribution in [0.3, 0.4) is 0 Å². The molecule has 4 aromatic rings. The Morgan fingerprint density at radius 3 is 2.72 bits per heavy atom. The molecule has 0 spiro atoms. The lowest BCUT2D eigenvalue weighted by Crippen LogP contribution is -2.53. The maximum absolute atomic E-state index is 14.9. The molecular weight excluding hydrogens is 461 g/mol. The molecule has 3 aromatic heterocycles. The summed E-state index contributed by atoms with van der Waals surface area (Å²) in [6, 6.07) is 5.69. The van der Waals surface area contributed by atoms with Crippen molar-refractivity contribution >= 4 is 16.9 Å². The second-order valence-corrected chi connectivity index (χ2v) is 9.31. The Kier molecular flexibility index (Phi) is 6.71. The van der Waals surface area contributed by atoms with E-state index in [2.05, 4.69) is 20.0 Å². The minimum Gasteiger partial charge on any atom is -0.453 e. The smallest absolute Gasteiger partial charge is 0.239 e. The molecule has 0 saturated carbocycles. The summed E-state index contributed by atoms with van der Waals surface area (Å²) < 4.78 is 22.6. The standard InChI is InChI=1S/C26H30FN7O2/c1-17-13-30-25-24(17)23(5-6-29-25)36-22-4-3-18(11-20(22)27)12-21(28)26(35)34-9-7-33(8-10-34)16-19-14-31-32(2)15-19/h3-6,11,13-15,21H,7-10,12,16,28H2,1-2H3,(H,29,30)/t21-/m0/s1. The van der Waals surface area contributed by atoms with Crippen LogP contribution in [0, 0.1) is 12.7 Å². The maximum atomic E-state index is 14.9. The van der Waals surface area contributed by atoms with Gasteiger partial charge in [-0.1, -0.05) is 6.07 Å². The highest BCUT2D eigenvalue weighted by atomic mass is 19.1. The molecule has 1 aliphatic rings. The van der Waals surface area contributed by atoms with Gasteiger partial charge in [-0.25, -0.2) is 9.37 Å². The number of aryl methyl sites for hydroxylation is 2. The highest BCUT2D eigenvalue weighted by Crippen LogP contribution is 2.32. The average molecular weight is 492 g/mol. The number of halogens is 1. The third kappa shape index (κ3) is 5.09. The SMILES string of the molecule is Cc1c[nH]c2nccc(Oc3ccc(C[C@H](N)C(=O)N4CCN(Cc5cnn(C)c5)CC4)cc3F)c12. The number of fused-ring (bicyclic) bond motifs is 1. The Morgan fingerprint density at radius 2 is 2.00 bits per heavy atom. The van der Waals surface area contributed by atoms with Gasteiger partial charge in [-0.3, -0.25) is 14.4 Å². The first-order chi connectivity index (χ1) is 17.4. The highest BCUT2D eigenvalue weighted by molar-refractivity contribution is 5.86. The van der Waals surface area contributed by atoms with E-state index < -0.39 is 11.9 Å². The number of nitrogens with one attached hydrogen (secondary N) is 1. The van der Waals surface area contributed by atoms with Gasteiger partial charge in [-0.15, -0.1) is 0 Å². The van der Waals surface area contributed by atoms with E-state index in [9.17, 15) is 9.18 Å². The predicted octanol–water partition coefficient (Wildman–Crippen LogP) is 2.75. The van der Waals surface area contributed by atoms with E-state index >= 15 is 0 Å². The van der Waals surface area contributed by atoms with Crippen molar-refractivity contribution in [2.75, 3.05) is 26.2 Å². The molecule has 10 heteroatoms. The monoisotopic (exact) mass is 491 g/mol. The second kappa shape index (κ2) is 10.1. The summed E-state index contributed by atoms with van der Waals surface area (Å²) in [6.45, 7) is 5.53. The van der Waals surface area contributed by atoms with E-state index in [0.717, 1.165) is 36.1 Å². The number of carbonyl (C=O) groups excluding carboxylic acids is 1. The number of hydrogen-bond donors (Lipinski definition) is 2. The fourth-order valence-electron chi connectivity index (χ4n) is 4.65. The van der Waals surface area contributed by atoms with Gasteiger partial charge in [-0.05, 0) is 42.7 Å². The van der Waals surface area contributed by atoms with Gasteiger partial charge in [-0.2, -0.15) is 5.10 Å². The first-order valence-electron chi connectivity index (χ1n) is 12.0. The molecular formula is C26H30FN7O2. The van der Waals surface area contributed by atoms with Crippen LogP contribution in [0.5, 0.6) is 11.5 Å². The number of aromatic amines is 1. The lowest BCUT2D eigenvalue weighted by atomic mass is 10.0. The zero-order valence-corrected chi connectivity index (χ0v) is 20.4. The topological polar surface area (TPSA) is 105 Å². The highest BCUT2D eigenvalue weighted by Gasteiger charge is 2.26. The Hall–Kier alpha value is -3.76. The summed E-state index contributed by atoms with van der Waals surface area (Å²) in [5.41, 5.74) is 9.69. The number of rotatable bonds is 7. The zero-order chi connectivity index (χ0) is 25.2. The van der Waals surface area contributed by atoms with Crippen LogP contribution in [0.25, 0.3) is 11.0 Å². The molecule has 1 fully saturated rings. The van der Waals surface area contributed by atoms with E-state index in [-0.39, 0.29) is 18.1 Å². The van der Waals surface area contributed by atoms with Gasteiger partial charge in [0.1, 0.15) is 11.4 Å². The van der Waals surface area contributed by atoms with Gasteiger partial charge in [0.25, 0.3) is 0 Å². The first-order valence-corrected chi connectivity index (χ1v) is 12.0. The number of aromatic nitrogens is 4. The van der Waals surface area contributed by atoms with Gasteiger partial charge in [0, 0.05) is 63.9 Å². The molecule has 0 aliphatic carbocycles. The molecule has 4 heterocycles. The molecule has 36 heavy (non-hydrogen) atoms. The van der Waals surface area contributed by atoms with E-state index in [4.69, 9.17) is 10.5 Å². The minimum atomic E-state index is -0.733. The quantitative estimate of drug-likeness (QED) is 0.412. The molecule has 0 unspecified atom stereocenters. The molecule has 9 nitrogen and oxygen atoms in total. The van der Waals surface area contributed by atoms with Gasteiger partial charge in [0.2, 0.25) is 5.91 Å². The van der Waals surface area contributed by atoms with Crippen LogP contribution >= 0.6 is 0 Å².